The molecule has 0 fully saturated rings. The van der Waals surface area contributed by atoms with E-state index in [2.05, 4.69) is 5.32 Å². The fourth-order valence-electron chi connectivity index (χ4n) is 3.67. The summed E-state index contributed by atoms with van der Waals surface area (Å²) in [6, 6.07) is 5.68. The van der Waals surface area contributed by atoms with Gasteiger partial charge in [0.05, 0.1) is 26.3 Å². The number of ether oxygens (including phenoxy) is 2. The molecule has 0 saturated carbocycles. The number of hydrogen-bond acceptors (Lipinski definition) is 6. The maximum Gasteiger partial charge on any atom is 0.251 e. The van der Waals surface area contributed by atoms with Crippen LogP contribution in [0, 0.1) is 0 Å². The fraction of sp³-hybridized carbons (Fsp3) is 0.429. The zero-order valence-corrected chi connectivity index (χ0v) is 17.9. The Morgan fingerprint density at radius 3 is 2.59 bits per heavy atom. The molecule has 0 bridgehead atoms. The van der Waals surface area contributed by atoms with Gasteiger partial charge in [0, 0.05) is 11.4 Å². The minimum atomic E-state index is -0.474. The van der Waals surface area contributed by atoms with Crippen LogP contribution >= 0.6 is 11.3 Å². The molecule has 2 aromatic rings. The highest BCUT2D eigenvalue weighted by atomic mass is 32.1. The Hall–Kier alpha value is -2.58. The Morgan fingerprint density at radius 2 is 1.90 bits per heavy atom. The molecule has 0 aliphatic heterocycles. The van der Waals surface area contributed by atoms with Gasteiger partial charge in [0.25, 0.3) is 5.91 Å². The summed E-state index contributed by atoms with van der Waals surface area (Å²) in [5.74, 6) is 0.669. The Bertz CT molecular complexity index is 910. The van der Waals surface area contributed by atoms with Crippen molar-refractivity contribution < 1.29 is 19.1 Å². The van der Waals surface area contributed by atoms with E-state index < -0.39 is 5.91 Å². The molecule has 156 valence electrons. The van der Waals surface area contributed by atoms with Gasteiger partial charge in [-0.3, -0.25) is 14.5 Å². The topological polar surface area (TPSA) is 93.9 Å². The van der Waals surface area contributed by atoms with Crippen LogP contribution in [0.4, 0.5) is 5.00 Å². The molecule has 0 unspecified atom stereocenters. The van der Waals surface area contributed by atoms with Gasteiger partial charge in [-0.05, 0) is 56.0 Å². The number of benzene rings is 1. The molecule has 3 rings (SSSR count). The van der Waals surface area contributed by atoms with Crippen molar-refractivity contribution in [1.29, 1.82) is 0 Å². The van der Waals surface area contributed by atoms with Crippen LogP contribution in [-0.2, 0) is 24.2 Å². The first-order valence-electron chi connectivity index (χ1n) is 9.56. The highest BCUT2D eigenvalue weighted by Crippen LogP contribution is 2.37. The van der Waals surface area contributed by atoms with Crippen LogP contribution in [0.15, 0.2) is 18.2 Å². The Balaban J connectivity index is 1.65. The van der Waals surface area contributed by atoms with Gasteiger partial charge in [0.2, 0.25) is 5.91 Å². The molecular formula is C21H27N3O4S. The van der Waals surface area contributed by atoms with Crippen LogP contribution in [0.2, 0.25) is 0 Å². The third-order valence-electron chi connectivity index (χ3n) is 4.98. The van der Waals surface area contributed by atoms with Gasteiger partial charge in [-0.25, -0.2) is 0 Å². The largest absolute Gasteiger partial charge is 0.493 e. The second-order valence-corrected chi connectivity index (χ2v) is 8.29. The van der Waals surface area contributed by atoms with Crippen LogP contribution < -0.4 is 20.5 Å². The van der Waals surface area contributed by atoms with Gasteiger partial charge in [-0.15, -0.1) is 11.3 Å². The summed E-state index contributed by atoms with van der Waals surface area (Å²) in [6.07, 6.45) is 3.94. The van der Waals surface area contributed by atoms with E-state index >= 15 is 0 Å². The number of anilines is 1. The molecule has 7 nitrogen and oxygen atoms in total. The van der Waals surface area contributed by atoms with E-state index in [0.717, 1.165) is 36.8 Å². The first-order chi connectivity index (χ1) is 13.9. The number of primary amides is 1. The summed E-state index contributed by atoms with van der Waals surface area (Å²) in [5, 5.41) is 3.48. The molecule has 8 heteroatoms. The zero-order valence-electron chi connectivity index (χ0n) is 17.0. The molecule has 0 radical (unpaired) electrons. The van der Waals surface area contributed by atoms with Gasteiger partial charge < -0.3 is 20.5 Å². The third-order valence-corrected chi connectivity index (χ3v) is 6.19. The van der Waals surface area contributed by atoms with E-state index in [9.17, 15) is 9.59 Å². The van der Waals surface area contributed by atoms with Gasteiger partial charge in [-0.1, -0.05) is 6.07 Å². The summed E-state index contributed by atoms with van der Waals surface area (Å²) in [6.45, 7) is 0.756. The standard InChI is InChI=1S/C21H27N3O4S/c1-24(11-13-8-9-15(27-2)16(10-13)28-3)12-18(25)23-21-19(20(22)26)14-6-4-5-7-17(14)29-21/h8-10H,4-7,11-12H2,1-3H3,(H2,22,26)(H,23,25). The highest BCUT2D eigenvalue weighted by Gasteiger charge is 2.25. The number of rotatable bonds is 8. The van der Waals surface area contributed by atoms with Gasteiger partial charge in [0.15, 0.2) is 11.5 Å². The van der Waals surface area contributed by atoms with E-state index in [1.54, 1.807) is 14.2 Å². The predicted octanol–water partition coefficient (Wildman–Crippen LogP) is 2.81. The van der Waals surface area contributed by atoms with Crippen molar-refractivity contribution in [2.75, 3.05) is 33.1 Å². The van der Waals surface area contributed by atoms with Crippen molar-refractivity contribution in [2.45, 2.75) is 32.2 Å². The highest BCUT2D eigenvalue weighted by molar-refractivity contribution is 7.17. The quantitative estimate of drug-likeness (QED) is 0.689. The van der Waals surface area contributed by atoms with E-state index in [1.165, 1.54) is 16.2 Å². The lowest BCUT2D eigenvalue weighted by molar-refractivity contribution is -0.117. The number of amides is 2. The zero-order chi connectivity index (χ0) is 21.0. The van der Waals surface area contributed by atoms with Crippen molar-refractivity contribution in [3.63, 3.8) is 0 Å². The number of methoxy groups -OCH3 is 2. The predicted molar refractivity (Wildman–Crippen MR) is 114 cm³/mol. The lowest BCUT2D eigenvalue weighted by atomic mass is 9.95. The Labute approximate surface area is 174 Å². The van der Waals surface area contributed by atoms with E-state index in [1.807, 2.05) is 30.1 Å². The summed E-state index contributed by atoms with van der Waals surface area (Å²) < 4.78 is 10.6. The van der Waals surface area contributed by atoms with E-state index in [-0.39, 0.29) is 12.5 Å². The second kappa shape index (κ2) is 9.28. The summed E-state index contributed by atoms with van der Waals surface area (Å²) in [7, 11) is 5.05. The van der Waals surface area contributed by atoms with Crippen molar-refractivity contribution in [2.24, 2.45) is 5.73 Å². The Kier molecular flexibility index (Phi) is 6.76. The van der Waals surface area contributed by atoms with Crippen molar-refractivity contribution in [1.82, 2.24) is 4.90 Å². The van der Waals surface area contributed by atoms with Crippen LogP contribution in [0.3, 0.4) is 0 Å². The average molecular weight is 418 g/mol. The molecule has 1 aliphatic rings. The third kappa shape index (κ3) is 4.89. The number of nitrogens with zero attached hydrogens (tertiary/aromatic N) is 1. The number of carbonyl (C=O) groups excluding carboxylic acids is 2. The van der Waals surface area contributed by atoms with Gasteiger partial charge in [-0.2, -0.15) is 0 Å². The number of nitrogens with one attached hydrogen (secondary N) is 1. The van der Waals surface area contributed by atoms with Crippen molar-refractivity contribution in [3.8, 4) is 11.5 Å². The van der Waals surface area contributed by atoms with E-state index in [0.29, 0.717) is 28.6 Å². The van der Waals surface area contributed by atoms with Crippen LogP contribution in [0.25, 0.3) is 0 Å². The molecule has 2 amide bonds. The van der Waals surface area contributed by atoms with Gasteiger partial charge in [0.1, 0.15) is 5.00 Å². The van der Waals surface area contributed by atoms with E-state index in [4.69, 9.17) is 15.2 Å². The summed E-state index contributed by atoms with van der Waals surface area (Å²) >= 11 is 1.48. The SMILES string of the molecule is COc1ccc(CN(C)CC(=O)Nc2sc3c(c2C(N)=O)CCCC3)cc1OC. The number of fused-ring (bicyclic) bond motifs is 1. The van der Waals surface area contributed by atoms with Crippen LogP contribution in [0.1, 0.15) is 39.2 Å². The molecular weight excluding hydrogens is 390 g/mol. The molecule has 3 N–H and O–H groups in total. The molecule has 1 aromatic carbocycles. The molecule has 0 saturated heterocycles. The lowest BCUT2D eigenvalue weighted by Crippen LogP contribution is -2.30. The number of aryl methyl sites for hydroxylation is 1. The van der Waals surface area contributed by atoms with Crippen molar-refractivity contribution >= 4 is 28.2 Å². The van der Waals surface area contributed by atoms with Crippen molar-refractivity contribution in [3.05, 3.63) is 39.8 Å². The monoisotopic (exact) mass is 417 g/mol. The molecule has 1 aromatic heterocycles. The second-order valence-electron chi connectivity index (χ2n) is 7.19. The van der Waals surface area contributed by atoms with Crippen LogP contribution in [0.5, 0.6) is 11.5 Å². The fourth-order valence-corrected chi connectivity index (χ4v) is 4.98. The smallest absolute Gasteiger partial charge is 0.251 e. The van der Waals surface area contributed by atoms with Gasteiger partial charge >= 0.3 is 0 Å². The number of likely N-dealkylation sites (N-methyl/N-ethyl adjacent to an activating group) is 1. The first-order valence-corrected chi connectivity index (χ1v) is 10.4. The molecule has 1 aliphatic carbocycles. The summed E-state index contributed by atoms with van der Waals surface area (Å²) in [5.41, 5.74) is 8.10. The molecule has 1 heterocycles. The number of hydrogen-bond donors (Lipinski definition) is 2. The Morgan fingerprint density at radius 1 is 1.17 bits per heavy atom. The van der Waals surface area contributed by atoms with Crippen LogP contribution in [-0.4, -0.2) is 44.5 Å². The number of carbonyl (C=O) groups is 2. The number of nitrogens with two attached hydrogens (primary N) is 1. The minimum Gasteiger partial charge on any atom is -0.493 e. The first kappa shape index (κ1) is 21.1. The lowest BCUT2D eigenvalue weighted by Gasteiger charge is -2.17. The maximum absolute atomic E-state index is 12.6. The number of thiophene rings is 1. The molecule has 0 spiro atoms. The molecule has 29 heavy (non-hydrogen) atoms. The minimum absolute atomic E-state index is 0.172. The maximum atomic E-state index is 12.6. The molecule has 0 atom stereocenters. The average Bonchev–Trinajstić information content (AvgIpc) is 3.05. The summed E-state index contributed by atoms with van der Waals surface area (Å²) in [4.78, 5) is 27.6. The normalized spacial score (nSPS) is 13.1.